The molecule has 7 heteroatoms. The van der Waals surface area contributed by atoms with Crippen LogP contribution in [0.1, 0.15) is 11.3 Å². The number of methoxy groups -OCH3 is 1. The van der Waals surface area contributed by atoms with E-state index in [9.17, 15) is 4.79 Å². The molecule has 3 rings (SSSR count). The van der Waals surface area contributed by atoms with Gasteiger partial charge in [-0.05, 0) is 42.5 Å². The van der Waals surface area contributed by atoms with Gasteiger partial charge in [-0.25, -0.2) is 9.48 Å². The molecule has 2 amide bonds. The zero-order chi connectivity index (χ0) is 19.2. The highest BCUT2D eigenvalue weighted by Gasteiger charge is 2.12. The van der Waals surface area contributed by atoms with Crippen LogP contribution in [0.3, 0.4) is 0 Å². The van der Waals surface area contributed by atoms with Crippen molar-refractivity contribution in [2.75, 3.05) is 17.7 Å². The summed E-state index contributed by atoms with van der Waals surface area (Å²) in [6.07, 6.45) is 1.60. The highest BCUT2D eigenvalue weighted by Crippen LogP contribution is 2.22. The van der Waals surface area contributed by atoms with Crippen LogP contribution in [-0.2, 0) is 0 Å². The topological polar surface area (TPSA) is 92.0 Å². The van der Waals surface area contributed by atoms with Gasteiger partial charge in [-0.1, -0.05) is 12.6 Å². The smallest absolute Gasteiger partial charge is 0.324 e. The van der Waals surface area contributed by atoms with E-state index in [1.165, 1.54) is 0 Å². The number of urea groups is 1. The van der Waals surface area contributed by atoms with Crippen LogP contribution in [0.25, 0.3) is 11.8 Å². The van der Waals surface area contributed by atoms with E-state index in [0.717, 1.165) is 5.69 Å². The maximum absolute atomic E-state index is 12.4. The molecule has 27 heavy (non-hydrogen) atoms. The number of hydrogen-bond acceptors (Lipinski definition) is 4. The summed E-state index contributed by atoms with van der Waals surface area (Å²) in [5, 5.41) is 18.7. The van der Waals surface area contributed by atoms with Crippen LogP contribution >= 0.6 is 0 Å². The lowest BCUT2D eigenvalue weighted by Crippen LogP contribution is -2.21. The summed E-state index contributed by atoms with van der Waals surface area (Å²) in [7, 11) is 1.58. The van der Waals surface area contributed by atoms with Crippen LogP contribution in [0.15, 0.2) is 61.2 Å². The molecule has 0 bridgehead atoms. The van der Waals surface area contributed by atoms with E-state index in [1.807, 2.05) is 30.3 Å². The second-order valence-corrected chi connectivity index (χ2v) is 5.54. The Morgan fingerprint density at radius 1 is 1.22 bits per heavy atom. The Hall–Kier alpha value is -4.05. The molecule has 0 spiro atoms. The van der Waals surface area contributed by atoms with Crippen LogP contribution in [0.2, 0.25) is 0 Å². The quantitative estimate of drug-likeness (QED) is 0.719. The number of benzene rings is 2. The third kappa shape index (κ3) is 4.14. The van der Waals surface area contributed by atoms with Crippen molar-refractivity contribution < 1.29 is 9.53 Å². The second-order valence-electron chi connectivity index (χ2n) is 5.54. The first-order valence-electron chi connectivity index (χ1n) is 8.08. The number of nitrogens with zero attached hydrogens (tertiary/aromatic N) is 3. The molecule has 0 saturated heterocycles. The van der Waals surface area contributed by atoms with Crippen molar-refractivity contribution >= 4 is 23.6 Å². The van der Waals surface area contributed by atoms with E-state index >= 15 is 0 Å². The average molecular weight is 359 g/mol. The fraction of sp³-hybridized carbons (Fsp3) is 0.0500. The van der Waals surface area contributed by atoms with E-state index in [4.69, 9.17) is 10.00 Å². The van der Waals surface area contributed by atoms with Crippen molar-refractivity contribution in [2.24, 2.45) is 0 Å². The van der Waals surface area contributed by atoms with Crippen LogP contribution < -0.4 is 15.4 Å². The Morgan fingerprint density at radius 2 is 2.00 bits per heavy atom. The van der Waals surface area contributed by atoms with Crippen molar-refractivity contribution in [3.8, 4) is 17.5 Å². The van der Waals surface area contributed by atoms with Crippen LogP contribution in [0, 0.1) is 11.3 Å². The number of aromatic nitrogens is 2. The molecule has 2 aromatic carbocycles. The van der Waals surface area contributed by atoms with Crippen LogP contribution in [-0.4, -0.2) is 22.9 Å². The third-order valence-electron chi connectivity index (χ3n) is 3.75. The van der Waals surface area contributed by atoms with E-state index in [2.05, 4.69) is 22.3 Å². The Morgan fingerprint density at radius 3 is 2.67 bits per heavy atom. The van der Waals surface area contributed by atoms with Gasteiger partial charge < -0.3 is 10.1 Å². The lowest BCUT2D eigenvalue weighted by Gasteiger charge is -2.11. The number of ether oxygens (including phenoxy) is 1. The van der Waals surface area contributed by atoms with Crippen molar-refractivity contribution in [1.29, 1.82) is 5.26 Å². The molecular weight excluding hydrogens is 342 g/mol. The number of amides is 2. The molecule has 0 aliphatic rings. The third-order valence-corrected chi connectivity index (χ3v) is 3.75. The SMILES string of the molecule is C=Cc1cc(NC(=O)Nc2ccc(C#N)cc2)n(-c2cccc(OC)c2)n1. The molecule has 1 aromatic heterocycles. The van der Waals surface area contributed by atoms with Crippen molar-refractivity contribution in [3.63, 3.8) is 0 Å². The zero-order valence-corrected chi connectivity index (χ0v) is 14.6. The summed E-state index contributed by atoms with van der Waals surface area (Å²) >= 11 is 0. The Labute approximate surface area is 156 Å². The minimum Gasteiger partial charge on any atom is -0.497 e. The fourth-order valence-corrected chi connectivity index (χ4v) is 2.43. The first kappa shape index (κ1) is 17.8. The van der Waals surface area contributed by atoms with Gasteiger partial charge in [0.1, 0.15) is 11.6 Å². The lowest BCUT2D eigenvalue weighted by atomic mass is 10.2. The maximum Gasteiger partial charge on any atom is 0.324 e. The number of carbonyl (C=O) groups excluding carboxylic acids is 1. The summed E-state index contributed by atoms with van der Waals surface area (Å²) in [6.45, 7) is 3.72. The highest BCUT2D eigenvalue weighted by atomic mass is 16.5. The van der Waals surface area contributed by atoms with Gasteiger partial charge in [0, 0.05) is 17.8 Å². The van der Waals surface area contributed by atoms with Crippen LogP contribution in [0.4, 0.5) is 16.3 Å². The van der Waals surface area contributed by atoms with Gasteiger partial charge in [0.15, 0.2) is 0 Å². The zero-order valence-electron chi connectivity index (χ0n) is 14.6. The molecule has 0 atom stereocenters. The molecule has 3 aromatic rings. The number of hydrogen-bond donors (Lipinski definition) is 2. The number of nitriles is 1. The molecule has 0 unspecified atom stereocenters. The summed E-state index contributed by atoms with van der Waals surface area (Å²) in [6, 6.07) is 17.2. The molecule has 0 radical (unpaired) electrons. The normalized spacial score (nSPS) is 9.93. The van der Waals surface area contributed by atoms with Gasteiger partial charge in [0.25, 0.3) is 0 Å². The Kier molecular flexibility index (Phi) is 5.19. The largest absolute Gasteiger partial charge is 0.497 e. The first-order chi connectivity index (χ1) is 13.1. The van der Waals surface area contributed by atoms with Gasteiger partial charge in [-0.3, -0.25) is 5.32 Å². The number of rotatable bonds is 5. The lowest BCUT2D eigenvalue weighted by molar-refractivity contribution is 0.262. The number of anilines is 2. The Balaban J connectivity index is 1.83. The molecule has 7 nitrogen and oxygen atoms in total. The molecule has 0 fully saturated rings. The molecule has 2 N–H and O–H groups in total. The van der Waals surface area contributed by atoms with Gasteiger partial charge in [-0.15, -0.1) is 0 Å². The van der Waals surface area contributed by atoms with Gasteiger partial charge in [0.05, 0.1) is 30.1 Å². The summed E-state index contributed by atoms with van der Waals surface area (Å²) in [4.78, 5) is 12.4. The summed E-state index contributed by atoms with van der Waals surface area (Å²) in [5.41, 5.74) is 2.44. The Bertz CT molecular complexity index is 1020. The molecule has 0 aliphatic heterocycles. The minimum absolute atomic E-state index is 0.431. The van der Waals surface area contributed by atoms with Crippen LogP contribution in [0.5, 0.6) is 5.75 Å². The molecule has 0 saturated carbocycles. The van der Waals surface area contributed by atoms with Gasteiger partial charge in [0.2, 0.25) is 0 Å². The molecule has 1 heterocycles. The second kappa shape index (κ2) is 7.89. The minimum atomic E-state index is -0.431. The van der Waals surface area contributed by atoms with Crippen molar-refractivity contribution in [1.82, 2.24) is 9.78 Å². The van der Waals surface area contributed by atoms with Crippen molar-refractivity contribution in [2.45, 2.75) is 0 Å². The molecule has 0 aliphatic carbocycles. The standard InChI is InChI=1S/C20H17N5O2/c1-3-15-11-19(25(24-15)17-5-4-6-18(12-17)27-2)23-20(26)22-16-9-7-14(13-21)8-10-16/h3-12H,1H2,2H3,(H2,22,23,26). The van der Waals surface area contributed by atoms with Gasteiger partial charge >= 0.3 is 6.03 Å². The molecule has 134 valence electrons. The fourth-order valence-electron chi connectivity index (χ4n) is 2.43. The van der Waals surface area contributed by atoms with Gasteiger partial charge in [-0.2, -0.15) is 10.4 Å². The van der Waals surface area contributed by atoms with E-state index in [0.29, 0.717) is 28.5 Å². The number of nitrogens with one attached hydrogen (secondary N) is 2. The molecular formula is C20H17N5O2. The average Bonchev–Trinajstić information content (AvgIpc) is 3.11. The monoisotopic (exact) mass is 359 g/mol. The predicted octanol–water partition coefficient (Wildman–Crippen LogP) is 4.04. The summed E-state index contributed by atoms with van der Waals surface area (Å²) in [5.74, 6) is 1.15. The number of carbonyl (C=O) groups is 1. The predicted molar refractivity (Wildman–Crippen MR) is 104 cm³/mol. The van der Waals surface area contributed by atoms with E-state index in [-0.39, 0.29) is 0 Å². The van der Waals surface area contributed by atoms with E-state index in [1.54, 1.807) is 48.2 Å². The van der Waals surface area contributed by atoms with E-state index < -0.39 is 6.03 Å². The van der Waals surface area contributed by atoms with Crippen molar-refractivity contribution in [3.05, 3.63) is 72.4 Å². The highest BCUT2D eigenvalue weighted by molar-refractivity contribution is 5.99. The maximum atomic E-state index is 12.4. The summed E-state index contributed by atoms with van der Waals surface area (Å²) < 4.78 is 6.84. The first-order valence-corrected chi connectivity index (χ1v) is 8.08.